The predicted molar refractivity (Wildman–Crippen MR) is 155 cm³/mol. The lowest BCUT2D eigenvalue weighted by molar-refractivity contribution is 0.0838. The van der Waals surface area contributed by atoms with E-state index < -0.39 is 0 Å². The number of imidazole rings is 1. The number of hydrogen-bond donors (Lipinski definition) is 1. The van der Waals surface area contributed by atoms with Crippen LogP contribution in [0.4, 0.5) is 10.5 Å². The van der Waals surface area contributed by atoms with Crippen molar-refractivity contribution < 1.29 is 9.53 Å². The van der Waals surface area contributed by atoms with E-state index in [1.54, 1.807) is 17.4 Å². The van der Waals surface area contributed by atoms with Gasteiger partial charge in [0.25, 0.3) is 0 Å². The van der Waals surface area contributed by atoms with E-state index in [0.29, 0.717) is 30.2 Å². The summed E-state index contributed by atoms with van der Waals surface area (Å²) in [6, 6.07) is 20.3. The Morgan fingerprint density at radius 3 is 2.87 bits per heavy atom. The Balaban J connectivity index is 1.20. The molecule has 3 heterocycles. The second-order valence-electron chi connectivity index (χ2n) is 9.79. The fourth-order valence-electron chi connectivity index (χ4n) is 4.93. The van der Waals surface area contributed by atoms with Crippen LogP contribution in [0.25, 0.3) is 27.0 Å². The normalized spacial score (nSPS) is 15.4. The number of nitrogens with one attached hydrogen (secondary N) is 1. The van der Waals surface area contributed by atoms with Crippen molar-refractivity contribution in [2.45, 2.75) is 32.3 Å². The first-order chi connectivity index (χ1) is 18.5. The van der Waals surface area contributed by atoms with Crippen LogP contribution >= 0.6 is 22.9 Å². The highest BCUT2D eigenvalue weighted by Gasteiger charge is 2.23. The van der Waals surface area contributed by atoms with E-state index in [4.69, 9.17) is 21.3 Å². The minimum Gasteiger partial charge on any atom is -0.376 e. The summed E-state index contributed by atoms with van der Waals surface area (Å²) in [5.41, 5.74) is 4.85. The SMILES string of the molecule is Cc1ccc(NC(=O)N(CCc2csc3nc(-c4ccc5ccccc5c4)cn23)CC2CCCO2)cc1Cl. The number of urea groups is 1. The molecule has 2 amide bonds. The molecule has 2 aromatic heterocycles. The number of halogens is 1. The number of carbonyl (C=O) groups excluding carboxylic acids is 1. The van der Waals surface area contributed by atoms with Gasteiger partial charge in [0.2, 0.25) is 0 Å². The van der Waals surface area contributed by atoms with Crippen LogP contribution in [-0.4, -0.2) is 46.1 Å². The largest absolute Gasteiger partial charge is 0.376 e. The number of hydrogen-bond acceptors (Lipinski definition) is 4. The zero-order valence-electron chi connectivity index (χ0n) is 21.2. The molecule has 1 atom stereocenters. The van der Waals surface area contributed by atoms with E-state index >= 15 is 0 Å². The molecule has 1 aliphatic rings. The van der Waals surface area contributed by atoms with Gasteiger partial charge in [0.05, 0.1) is 11.8 Å². The molecule has 1 saturated heterocycles. The quantitative estimate of drug-likeness (QED) is 0.232. The van der Waals surface area contributed by atoms with Crippen LogP contribution < -0.4 is 5.32 Å². The highest BCUT2D eigenvalue weighted by atomic mass is 35.5. The molecular weight excluding hydrogens is 516 g/mol. The van der Waals surface area contributed by atoms with Crippen molar-refractivity contribution in [3.05, 3.63) is 88.5 Å². The number of rotatable bonds is 7. The molecule has 8 heteroatoms. The molecule has 194 valence electrons. The summed E-state index contributed by atoms with van der Waals surface area (Å²) >= 11 is 7.91. The summed E-state index contributed by atoms with van der Waals surface area (Å²) in [6.45, 7) is 3.83. The molecule has 0 saturated carbocycles. The van der Waals surface area contributed by atoms with Crippen molar-refractivity contribution in [2.75, 3.05) is 25.0 Å². The molecule has 38 heavy (non-hydrogen) atoms. The second kappa shape index (κ2) is 10.8. The molecule has 3 aromatic carbocycles. The van der Waals surface area contributed by atoms with Crippen LogP contribution in [0.1, 0.15) is 24.1 Å². The average Bonchev–Trinajstić information content (AvgIpc) is 3.67. The predicted octanol–water partition coefficient (Wildman–Crippen LogP) is 7.43. The van der Waals surface area contributed by atoms with Gasteiger partial charge >= 0.3 is 6.03 Å². The molecule has 1 unspecified atom stereocenters. The van der Waals surface area contributed by atoms with Gasteiger partial charge in [-0.2, -0.15) is 0 Å². The maximum Gasteiger partial charge on any atom is 0.321 e. The number of aryl methyl sites for hydroxylation is 1. The van der Waals surface area contributed by atoms with Crippen LogP contribution in [0, 0.1) is 6.92 Å². The third-order valence-electron chi connectivity index (χ3n) is 7.12. The van der Waals surface area contributed by atoms with Gasteiger partial charge in [-0.25, -0.2) is 9.78 Å². The monoisotopic (exact) mass is 544 g/mol. The Bertz CT molecular complexity index is 1600. The van der Waals surface area contributed by atoms with Crippen molar-refractivity contribution in [1.29, 1.82) is 0 Å². The van der Waals surface area contributed by atoms with E-state index in [1.165, 1.54) is 10.8 Å². The van der Waals surface area contributed by atoms with Crippen LogP contribution in [0.3, 0.4) is 0 Å². The fraction of sp³-hybridized carbons (Fsp3) is 0.267. The molecule has 5 aromatic rings. The first-order valence-electron chi connectivity index (χ1n) is 12.9. The highest BCUT2D eigenvalue weighted by molar-refractivity contribution is 7.15. The summed E-state index contributed by atoms with van der Waals surface area (Å²) in [4.78, 5) is 21.0. The number of amides is 2. The van der Waals surface area contributed by atoms with E-state index in [2.05, 4.69) is 63.8 Å². The number of anilines is 1. The fourth-order valence-corrected chi connectivity index (χ4v) is 6.02. The van der Waals surface area contributed by atoms with Crippen molar-refractivity contribution in [3.8, 4) is 11.3 Å². The Hall–Kier alpha value is -3.39. The lowest BCUT2D eigenvalue weighted by Gasteiger charge is -2.26. The summed E-state index contributed by atoms with van der Waals surface area (Å²) in [5, 5.41) is 8.21. The summed E-state index contributed by atoms with van der Waals surface area (Å²) in [6.07, 6.45) is 4.88. The number of ether oxygens (including phenoxy) is 1. The maximum absolute atomic E-state index is 13.3. The lowest BCUT2D eigenvalue weighted by Crippen LogP contribution is -2.41. The van der Waals surface area contributed by atoms with Crippen LogP contribution in [0.15, 0.2) is 72.2 Å². The van der Waals surface area contributed by atoms with Gasteiger partial charge in [0, 0.05) is 59.7 Å². The van der Waals surface area contributed by atoms with E-state index in [-0.39, 0.29) is 12.1 Å². The summed E-state index contributed by atoms with van der Waals surface area (Å²) < 4.78 is 8.00. The zero-order valence-corrected chi connectivity index (χ0v) is 22.8. The van der Waals surface area contributed by atoms with E-state index in [0.717, 1.165) is 46.9 Å². The third-order valence-corrected chi connectivity index (χ3v) is 8.42. The highest BCUT2D eigenvalue weighted by Crippen LogP contribution is 2.27. The maximum atomic E-state index is 13.3. The molecule has 1 aliphatic heterocycles. The van der Waals surface area contributed by atoms with Crippen molar-refractivity contribution in [2.24, 2.45) is 0 Å². The minimum absolute atomic E-state index is 0.0672. The van der Waals surface area contributed by atoms with Gasteiger partial charge in [-0.1, -0.05) is 54.1 Å². The number of nitrogens with zero attached hydrogens (tertiary/aromatic N) is 3. The number of carbonyl (C=O) groups is 1. The number of fused-ring (bicyclic) bond motifs is 2. The molecule has 6 rings (SSSR count). The van der Waals surface area contributed by atoms with E-state index in [9.17, 15) is 4.79 Å². The third kappa shape index (κ3) is 5.27. The number of benzene rings is 3. The molecule has 0 bridgehead atoms. The van der Waals surface area contributed by atoms with Gasteiger partial charge in [-0.05, 0) is 54.3 Å². The summed E-state index contributed by atoms with van der Waals surface area (Å²) in [5.74, 6) is 0. The van der Waals surface area contributed by atoms with Gasteiger partial charge in [-0.3, -0.25) is 4.40 Å². The molecule has 6 nitrogen and oxygen atoms in total. The standard InChI is InChI=1S/C30H29ClN4O2S/c1-20-8-11-24(16-27(20)31)32-29(36)34(17-26-7-4-14-37-26)13-12-25-19-38-30-33-28(18-35(25)30)23-10-9-21-5-2-3-6-22(21)15-23/h2-3,5-6,8-11,15-16,18-19,26H,4,7,12-14,17H2,1H3,(H,32,36). The van der Waals surface area contributed by atoms with Gasteiger partial charge in [-0.15, -0.1) is 11.3 Å². The van der Waals surface area contributed by atoms with Crippen molar-refractivity contribution in [3.63, 3.8) is 0 Å². The van der Waals surface area contributed by atoms with E-state index in [1.807, 2.05) is 24.0 Å². The van der Waals surface area contributed by atoms with Gasteiger partial charge < -0.3 is 15.0 Å². The zero-order chi connectivity index (χ0) is 26.1. The number of thiazole rings is 1. The van der Waals surface area contributed by atoms with Gasteiger partial charge in [0.1, 0.15) is 0 Å². The molecule has 1 N–H and O–H groups in total. The van der Waals surface area contributed by atoms with Gasteiger partial charge in [0.15, 0.2) is 4.96 Å². The Morgan fingerprint density at radius 1 is 1.18 bits per heavy atom. The first kappa shape index (κ1) is 24.9. The first-order valence-corrected chi connectivity index (χ1v) is 14.2. The van der Waals surface area contributed by atoms with Crippen molar-refractivity contribution in [1.82, 2.24) is 14.3 Å². The smallest absolute Gasteiger partial charge is 0.321 e. The minimum atomic E-state index is -0.144. The average molecular weight is 545 g/mol. The molecule has 0 radical (unpaired) electrons. The Labute approximate surface area is 230 Å². The Kier molecular flexibility index (Phi) is 7.06. The van der Waals surface area contributed by atoms with Crippen LogP contribution in [-0.2, 0) is 11.2 Å². The lowest BCUT2D eigenvalue weighted by atomic mass is 10.1. The van der Waals surface area contributed by atoms with Crippen LogP contribution in [0.2, 0.25) is 5.02 Å². The topological polar surface area (TPSA) is 58.9 Å². The molecule has 1 fully saturated rings. The number of aromatic nitrogens is 2. The van der Waals surface area contributed by atoms with Crippen LogP contribution in [0.5, 0.6) is 0 Å². The second-order valence-corrected chi connectivity index (χ2v) is 11.0. The molecule has 0 spiro atoms. The Morgan fingerprint density at radius 2 is 2.05 bits per heavy atom. The summed E-state index contributed by atoms with van der Waals surface area (Å²) in [7, 11) is 0. The molecule has 0 aliphatic carbocycles. The van der Waals surface area contributed by atoms with Crippen molar-refractivity contribution >= 4 is 50.4 Å². The molecular formula is C30H29ClN4O2S.